The minimum atomic E-state index is -0.709. The van der Waals surface area contributed by atoms with Crippen LogP contribution in [-0.4, -0.2) is 11.1 Å². The van der Waals surface area contributed by atoms with Gasteiger partial charge in [0.15, 0.2) is 0 Å². The first kappa shape index (κ1) is 17.7. The smallest absolute Gasteiger partial charge is 0.303 e. The number of carboxylic acid groups (broad SMARTS) is 1. The third-order valence-corrected chi connectivity index (χ3v) is 2.78. The molecule has 1 N–H and O–H groups in total. The lowest BCUT2D eigenvalue weighted by Crippen LogP contribution is -1.92. The molecule has 0 fully saturated rings. The SMILES string of the molecule is CCCCC/C=C\C/C=C\C/C=C\CCCC(=O)O. The number of rotatable bonds is 12. The molecule has 0 amide bonds. The fraction of sp³-hybridized carbons (Fsp3) is 0.588. The average Bonchev–Trinajstić information content (AvgIpc) is 2.39. The lowest BCUT2D eigenvalue weighted by molar-refractivity contribution is -0.137. The van der Waals surface area contributed by atoms with E-state index in [0.717, 1.165) is 25.7 Å². The first-order valence-electron chi connectivity index (χ1n) is 7.44. The van der Waals surface area contributed by atoms with E-state index in [9.17, 15) is 4.79 Å². The van der Waals surface area contributed by atoms with E-state index in [0.29, 0.717) is 0 Å². The van der Waals surface area contributed by atoms with E-state index in [-0.39, 0.29) is 6.42 Å². The van der Waals surface area contributed by atoms with Crippen LogP contribution in [0.5, 0.6) is 0 Å². The third kappa shape index (κ3) is 16.7. The van der Waals surface area contributed by atoms with E-state index in [1.54, 1.807) is 0 Å². The van der Waals surface area contributed by atoms with Gasteiger partial charge in [0.2, 0.25) is 0 Å². The van der Waals surface area contributed by atoms with Crippen LogP contribution in [0.4, 0.5) is 0 Å². The van der Waals surface area contributed by atoms with Gasteiger partial charge in [-0.1, -0.05) is 56.2 Å². The number of carboxylic acids is 1. The second-order valence-electron chi connectivity index (χ2n) is 4.67. The largest absolute Gasteiger partial charge is 0.481 e. The van der Waals surface area contributed by atoms with Gasteiger partial charge in [-0.05, 0) is 38.5 Å². The van der Waals surface area contributed by atoms with E-state index in [2.05, 4.69) is 43.4 Å². The van der Waals surface area contributed by atoms with Crippen molar-refractivity contribution in [1.29, 1.82) is 0 Å². The highest BCUT2D eigenvalue weighted by Gasteiger charge is 1.92. The lowest BCUT2D eigenvalue weighted by atomic mass is 10.2. The molecule has 0 aromatic rings. The van der Waals surface area contributed by atoms with Crippen molar-refractivity contribution in [3.05, 3.63) is 36.5 Å². The minimum absolute atomic E-state index is 0.267. The van der Waals surface area contributed by atoms with Crippen LogP contribution in [0.2, 0.25) is 0 Å². The Morgan fingerprint density at radius 2 is 1.37 bits per heavy atom. The second-order valence-corrected chi connectivity index (χ2v) is 4.67. The molecule has 2 heteroatoms. The molecular formula is C17H28O2. The molecule has 0 aliphatic heterocycles. The van der Waals surface area contributed by atoms with Crippen molar-refractivity contribution in [2.75, 3.05) is 0 Å². The van der Waals surface area contributed by atoms with Crippen LogP contribution in [0.15, 0.2) is 36.5 Å². The van der Waals surface area contributed by atoms with Crippen molar-refractivity contribution in [2.45, 2.75) is 64.7 Å². The molecule has 2 nitrogen and oxygen atoms in total. The number of hydrogen-bond acceptors (Lipinski definition) is 1. The fourth-order valence-corrected chi connectivity index (χ4v) is 1.66. The summed E-state index contributed by atoms with van der Waals surface area (Å²) in [6, 6.07) is 0. The Bertz CT molecular complexity index is 288. The van der Waals surface area contributed by atoms with E-state index < -0.39 is 5.97 Å². The summed E-state index contributed by atoms with van der Waals surface area (Å²) in [5.74, 6) is -0.709. The van der Waals surface area contributed by atoms with Gasteiger partial charge in [-0.2, -0.15) is 0 Å². The van der Waals surface area contributed by atoms with Crippen LogP contribution in [-0.2, 0) is 4.79 Å². The second kappa shape index (κ2) is 14.7. The molecule has 0 atom stereocenters. The summed E-state index contributed by atoms with van der Waals surface area (Å²) < 4.78 is 0. The standard InChI is InChI=1S/C17H28O2/c1-2-3-4-5-6-7-8-9-10-11-12-13-14-15-16-17(18)19/h6-7,9-10,12-13H,2-5,8,11,14-16H2,1H3,(H,18,19)/b7-6-,10-9-,13-12-. The predicted octanol–water partition coefficient (Wildman–Crippen LogP) is 5.27. The van der Waals surface area contributed by atoms with Gasteiger partial charge >= 0.3 is 5.97 Å². The normalized spacial score (nSPS) is 12.1. The summed E-state index contributed by atoms with van der Waals surface area (Å²) in [7, 11) is 0. The van der Waals surface area contributed by atoms with Gasteiger partial charge in [0.05, 0.1) is 0 Å². The van der Waals surface area contributed by atoms with Crippen LogP contribution in [0.25, 0.3) is 0 Å². The van der Waals surface area contributed by atoms with Crippen LogP contribution >= 0.6 is 0 Å². The monoisotopic (exact) mass is 264 g/mol. The number of carbonyl (C=O) groups is 1. The van der Waals surface area contributed by atoms with Crippen molar-refractivity contribution in [3.63, 3.8) is 0 Å². The third-order valence-electron chi connectivity index (χ3n) is 2.78. The predicted molar refractivity (Wildman–Crippen MR) is 82.3 cm³/mol. The Labute approximate surface area is 117 Å². The molecule has 0 aromatic carbocycles. The van der Waals surface area contributed by atoms with Crippen molar-refractivity contribution < 1.29 is 9.90 Å². The number of hydrogen-bond donors (Lipinski definition) is 1. The van der Waals surface area contributed by atoms with Gasteiger partial charge < -0.3 is 5.11 Å². The van der Waals surface area contributed by atoms with Crippen LogP contribution in [0, 0.1) is 0 Å². The number of allylic oxidation sites excluding steroid dienone is 6. The Hall–Kier alpha value is -1.31. The maximum Gasteiger partial charge on any atom is 0.303 e. The van der Waals surface area contributed by atoms with Crippen molar-refractivity contribution in [3.8, 4) is 0 Å². The van der Waals surface area contributed by atoms with Crippen molar-refractivity contribution >= 4 is 5.97 Å². The first-order valence-corrected chi connectivity index (χ1v) is 7.44. The maximum atomic E-state index is 10.3. The molecule has 0 rings (SSSR count). The quantitative estimate of drug-likeness (QED) is 0.385. The lowest BCUT2D eigenvalue weighted by Gasteiger charge is -1.91. The molecule has 0 saturated heterocycles. The zero-order chi connectivity index (χ0) is 14.2. The molecule has 0 radical (unpaired) electrons. The summed E-state index contributed by atoms with van der Waals surface area (Å²) in [4.78, 5) is 10.3. The minimum Gasteiger partial charge on any atom is -0.481 e. The molecule has 0 bridgehead atoms. The van der Waals surface area contributed by atoms with Gasteiger partial charge in [-0.3, -0.25) is 4.79 Å². The molecule has 0 heterocycles. The Kier molecular flexibility index (Phi) is 13.7. The number of aliphatic carboxylic acids is 1. The van der Waals surface area contributed by atoms with Crippen molar-refractivity contribution in [2.24, 2.45) is 0 Å². The van der Waals surface area contributed by atoms with Gasteiger partial charge in [0, 0.05) is 6.42 Å². The highest BCUT2D eigenvalue weighted by atomic mass is 16.4. The summed E-state index contributed by atoms with van der Waals surface area (Å²) in [5.41, 5.74) is 0. The Morgan fingerprint density at radius 1 is 0.842 bits per heavy atom. The molecule has 19 heavy (non-hydrogen) atoms. The first-order chi connectivity index (χ1) is 9.27. The summed E-state index contributed by atoms with van der Waals surface area (Å²) in [6.45, 7) is 2.22. The molecule has 0 aliphatic rings. The van der Waals surface area contributed by atoms with Crippen LogP contribution in [0.3, 0.4) is 0 Å². The highest BCUT2D eigenvalue weighted by molar-refractivity contribution is 5.66. The molecule has 0 spiro atoms. The van der Waals surface area contributed by atoms with Gasteiger partial charge in [-0.25, -0.2) is 0 Å². The van der Waals surface area contributed by atoms with Gasteiger partial charge in [0.25, 0.3) is 0 Å². The Balaban J connectivity index is 3.33. The zero-order valence-electron chi connectivity index (χ0n) is 12.2. The van der Waals surface area contributed by atoms with Crippen LogP contribution < -0.4 is 0 Å². The molecule has 0 aliphatic carbocycles. The molecule has 0 unspecified atom stereocenters. The summed E-state index contributed by atoms with van der Waals surface area (Å²) >= 11 is 0. The molecule has 0 saturated carbocycles. The zero-order valence-corrected chi connectivity index (χ0v) is 12.2. The van der Waals surface area contributed by atoms with E-state index in [1.165, 1.54) is 25.7 Å². The summed E-state index contributed by atoms with van der Waals surface area (Å²) in [6.07, 6.45) is 21.9. The van der Waals surface area contributed by atoms with Gasteiger partial charge in [-0.15, -0.1) is 0 Å². The molecule has 0 aromatic heterocycles. The topological polar surface area (TPSA) is 37.3 Å². The Morgan fingerprint density at radius 3 is 1.89 bits per heavy atom. The van der Waals surface area contributed by atoms with Gasteiger partial charge in [0.1, 0.15) is 0 Å². The number of unbranched alkanes of at least 4 members (excludes halogenated alkanes) is 4. The molecule has 108 valence electrons. The highest BCUT2D eigenvalue weighted by Crippen LogP contribution is 2.01. The van der Waals surface area contributed by atoms with E-state index in [1.807, 2.05) is 0 Å². The van der Waals surface area contributed by atoms with Crippen molar-refractivity contribution in [1.82, 2.24) is 0 Å². The molecular weight excluding hydrogens is 236 g/mol. The average molecular weight is 264 g/mol. The fourth-order valence-electron chi connectivity index (χ4n) is 1.66. The van der Waals surface area contributed by atoms with E-state index in [4.69, 9.17) is 5.11 Å². The maximum absolute atomic E-state index is 10.3. The van der Waals surface area contributed by atoms with Crippen LogP contribution in [0.1, 0.15) is 64.7 Å². The van der Waals surface area contributed by atoms with E-state index >= 15 is 0 Å². The summed E-state index contributed by atoms with van der Waals surface area (Å²) in [5, 5.41) is 8.46.